The van der Waals surface area contributed by atoms with Crippen LogP contribution >= 0.6 is 0 Å². The average Bonchev–Trinajstić information content (AvgIpc) is 2.49. The van der Waals surface area contributed by atoms with E-state index in [4.69, 9.17) is 15.2 Å². The zero-order valence-corrected chi connectivity index (χ0v) is 9.95. The summed E-state index contributed by atoms with van der Waals surface area (Å²) in [7, 11) is 3.33. The molecule has 0 bridgehead atoms. The van der Waals surface area contributed by atoms with Gasteiger partial charge in [-0.25, -0.2) is 0 Å². The van der Waals surface area contributed by atoms with Crippen molar-refractivity contribution in [3.8, 4) is 11.5 Å². The lowest BCUT2D eigenvalue weighted by Crippen LogP contribution is -2.11. The third-order valence-corrected chi connectivity index (χ3v) is 3.26. The van der Waals surface area contributed by atoms with Gasteiger partial charge in [0, 0.05) is 6.04 Å². The summed E-state index contributed by atoms with van der Waals surface area (Å²) in [6.45, 7) is 0. The van der Waals surface area contributed by atoms with Crippen molar-refractivity contribution in [1.29, 1.82) is 0 Å². The van der Waals surface area contributed by atoms with E-state index in [1.54, 1.807) is 14.2 Å². The van der Waals surface area contributed by atoms with Crippen LogP contribution in [0.25, 0.3) is 0 Å². The van der Waals surface area contributed by atoms with Crippen LogP contribution in [0.2, 0.25) is 0 Å². The molecule has 3 nitrogen and oxygen atoms in total. The van der Waals surface area contributed by atoms with E-state index in [9.17, 15) is 0 Å². The Labute approximate surface area is 96.5 Å². The van der Waals surface area contributed by atoms with Crippen LogP contribution < -0.4 is 15.2 Å². The second-order valence-electron chi connectivity index (χ2n) is 4.26. The minimum Gasteiger partial charge on any atom is -0.493 e. The van der Waals surface area contributed by atoms with E-state index >= 15 is 0 Å². The number of rotatable bonds is 2. The molecule has 0 saturated carbocycles. The largest absolute Gasteiger partial charge is 0.493 e. The molecule has 0 heterocycles. The minimum atomic E-state index is 0.136. The first-order valence-corrected chi connectivity index (χ1v) is 5.76. The Bertz CT molecular complexity index is 376. The molecule has 0 aromatic heterocycles. The molecule has 0 spiro atoms. The molecule has 0 unspecified atom stereocenters. The maximum Gasteiger partial charge on any atom is 0.161 e. The maximum absolute atomic E-state index is 6.17. The highest BCUT2D eigenvalue weighted by Crippen LogP contribution is 2.36. The van der Waals surface area contributed by atoms with Gasteiger partial charge in [0.15, 0.2) is 11.5 Å². The van der Waals surface area contributed by atoms with Crippen molar-refractivity contribution in [2.24, 2.45) is 5.73 Å². The molecule has 1 aromatic rings. The molecule has 0 saturated heterocycles. The number of benzene rings is 1. The van der Waals surface area contributed by atoms with Gasteiger partial charge in [0.1, 0.15) is 0 Å². The fourth-order valence-electron chi connectivity index (χ4n) is 2.33. The molecular weight excluding hydrogens is 202 g/mol. The van der Waals surface area contributed by atoms with Gasteiger partial charge >= 0.3 is 0 Å². The minimum absolute atomic E-state index is 0.136. The summed E-state index contributed by atoms with van der Waals surface area (Å²) in [6, 6.07) is 4.24. The van der Waals surface area contributed by atoms with Crippen molar-refractivity contribution in [2.75, 3.05) is 14.2 Å². The van der Waals surface area contributed by atoms with Crippen LogP contribution in [0.4, 0.5) is 0 Å². The van der Waals surface area contributed by atoms with E-state index in [0.29, 0.717) is 0 Å². The Morgan fingerprint density at radius 2 is 1.81 bits per heavy atom. The lowest BCUT2D eigenvalue weighted by atomic mass is 9.99. The van der Waals surface area contributed by atoms with E-state index in [-0.39, 0.29) is 6.04 Å². The van der Waals surface area contributed by atoms with Gasteiger partial charge in [0.2, 0.25) is 0 Å². The number of ether oxygens (including phenoxy) is 2. The molecule has 88 valence electrons. The Balaban J connectivity index is 2.47. The molecule has 2 rings (SSSR count). The molecule has 0 amide bonds. The first-order valence-electron chi connectivity index (χ1n) is 5.76. The highest BCUT2D eigenvalue weighted by molar-refractivity contribution is 5.48. The van der Waals surface area contributed by atoms with Crippen molar-refractivity contribution in [1.82, 2.24) is 0 Å². The molecule has 1 aliphatic carbocycles. The van der Waals surface area contributed by atoms with Crippen molar-refractivity contribution in [3.05, 3.63) is 23.3 Å². The molecule has 1 aliphatic rings. The van der Waals surface area contributed by atoms with Gasteiger partial charge in [-0.1, -0.05) is 6.42 Å². The van der Waals surface area contributed by atoms with Gasteiger partial charge in [-0.05, 0) is 42.5 Å². The SMILES string of the molecule is COc1cc2c(cc1OC)[C@@H](N)CCCC2. The van der Waals surface area contributed by atoms with Gasteiger partial charge in [-0.3, -0.25) is 0 Å². The van der Waals surface area contributed by atoms with Gasteiger partial charge in [-0.2, -0.15) is 0 Å². The summed E-state index contributed by atoms with van der Waals surface area (Å²) >= 11 is 0. The number of nitrogens with two attached hydrogens (primary N) is 1. The van der Waals surface area contributed by atoms with Gasteiger partial charge in [0.25, 0.3) is 0 Å². The summed E-state index contributed by atoms with van der Waals surface area (Å²) in [5.41, 5.74) is 8.69. The van der Waals surface area contributed by atoms with E-state index in [1.165, 1.54) is 24.0 Å². The predicted molar refractivity (Wildman–Crippen MR) is 64.0 cm³/mol. The van der Waals surface area contributed by atoms with Crippen LogP contribution in [-0.2, 0) is 6.42 Å². The lowest BCUT2D eigenvalue weighted by molar-refractivity contribution is 0.354. The topological polar surface area (TPSA) is 44.5 Å². The number of aryl methyl sites for hydroxylation is 1. The molecule has 2 N–H and O–H groups in total. The van der Waals surface area contributed by atoms with Crippen LogP contribution in [0.15, 0.2) is 12.1 Å². The van der Waals surface area contributed by atoms with Gasteiger partial charge < -0.3 is 15.2 Å². The fraction of sp³-hybridized carbons (Fsp3) is 0.538. The molecular formula is C13H19NO2. The third-order valence-electron chi connectivity index (χ3n) is 3.26. The van der Waals surface area contributed by atoms with Crippen LogP contribution in [0.3, 0.4) is 0 Å². The summed E-state index contributed by atoms with van der Waals surface area (Å²) in [5, 5.41) is 0. The molecule has 16 heavy (non-hydrogen) atoms. The zero-order chi connectivity index (χ0) is 11.5. The van der Waals surface area contributed by atoms with Crippen molar-refractivity contribution >= 4 is 0 Å². The van der Waals surface area contributed by atoms with Crippen molar-refractivity contribution in [2.45, 2.75) is 31.7 Å². The molecule has 0 radical (unpaired) electrons. The van der Waals surface area contributed by atoms with E-state index in [2.05, 4.69) is 6.07 Å². The molecule has 1 atom stereocenters. The van der Waals surface area contributed by atoms with Gasteiger partial charge in [-0.15, -0.1) is 0 Å². The fourth-order valence-corrected chi connectivity index (χ4v) is 2.33. The smallest absolute Gasteiger partial charge is 0.161 e. The van der Waals surface area contributed by atoms with Crippen LogP contribution in [0, 0.1) is 0 Å². The molecule has 3 heteroatoms. The van der Waals surface area contributed by atoms with Crippen LogP contribution in [0.1, 0.15) is 36.4 Å². The molecule has 1 aromatic carbocycles. The summed E-state index contributed by atoms with van der Waals surface area (Å²) in [4.78, 5) is 0. The molecule has 0 fully saturated rings. The Morgan fingerprint density at radius 3 is 2.50 bits per heavy atom. The summed E-state index contributed by atoms with van der Waals surface area (Å²) in [5.74, 6) is 1.58. The second kappa shape index (κ2) is 4.74. The quantitative estimate of drug-likeness (QED) is 0.780. The monoisotopic (exact) mass is 221 g/mol. The average molecular weight is 221 g/mol. The number of hydrogen-bond acceptors (Lipinski definition) is 3. The van der Waals surface area contributed by atoms with Crippen LogP contribution in [0.5, 0.6) is 11.5 Å². The van der Waals surface area contributed by atoms with Gasteiger partial charge in [0.05, 0.1) is 14.2 Å². The number of methoxy groups -OCH3 is 2. The first-order chi connectivity index (χ1) is 7.76. The van der Waals surface area contributed by atoms with Crippen molar-refractivity contribution in [3.63, 3.8) is 0 Å². The standard InChI is InChI=1S/C13H19NO2/c1-15-12-7-9-5-3-4-6-11(14)10(9)8-13(12)16-2/h7-8,11H,3-6,14H2,1-2H3/t11-/m0/s1. The van der Waals surface area contributed by atoms with Crippen molar-refractivity contribution < 1.29 is 9.47 Å². The van der Waals surface area contributed by atoms with E-state index in [0.717, 1.165) is 24.3 Å². The van der Waals surface area contributed by atoms with Crippen LogP contribution in [-0.4, -0.2) is 14.2 Å². The Kier molecular flexibility index (Phi) is 3.34. The third kappa shape index (κ3) is 2.00. The summed E-state index contributed by atoms with van der Waals surface area (Å²) in [6.07, 6.45) is 4.54. The first kappa shape index (κ1) is 11.3. The summed E-state index contributed by atoms with van der Waals surface area (Å²) < 4.78 is 10.6. The second-order valence-corrected chi connectivity index (χ2v) is 4.26. The maximum atomic E-state index is 6.17. The highest BCUT2D eigenvalue weighted by Gasteiger charge is 2.18. The van der Waals surface area contributed by atoms with E-state index in [1.807, 2.05) is 6.07 Å². The predicted octanol–water partition coefficient (Wildman–Crippen LogP) is 2.43. The lowest BCUT2D eigenvalue weighted by Gasteiger charge is -2.16. The number of hydrogen-bond donors (Lipinski definition) is 1. The number of fused-ring (bicyclic) bond motifs is 1. The zero-order valence-electron chi connectivity index (χ0n) is 9.95. The Morgan fingerprint density at radius 1 is 1.12 bits per heavy atom. The highest BCUT2D eigenvalue weighted by atomic mass is 16.5. The normalized spacial score (nSPS) is 19.8. The van der Waals surface area contributed by atoms with E-state index < -0.39 is 0 Å². The Hall–Kier alpha value is -1.22. The molecule has 0 aliphatic heterocycles.